The Balaban J connectivity index is 0.00000456. The molecule has 0 radical (unpaired) electrons. The molecule has 2 amide bonds. The zero-order chi connectivity index (χ0) is 25.5. The average Bonchev–Trinajstić information content (AvgIpc) is 3.06. The van der Waals surface area contributed by atoms with Crippen LogP contribution in [0.5, 0.6) is 11.5 Å². The molecule has 10 nitrogen and oxygen atoms in total. The molecule has 0 spiro atoms. The van der Waals surface area contributed by atoms with Crippen molar-refractivity contribution < 1.29 is 33.9 Å². The van der Waals surface area contributed by atoms with E-state index in [0.29, 0.717) is 57.9 Å². The Kier molecular flexibility index (Phi) is 10.1. The summed E-state index contributed by atoms with van der Waals surface area (Å²) in [6, 6.07) is 9.50. The zero-order valence-corrected chi connectivity index (χ0v) is 20.8. The Labute approximate surface area is 217 Å². The molecule has 190 valence electrons. The highest BCUT2D eigenvalue weighted by atomic mass is 35.5. The van der Waals surface area contributed by atoms with E-state index in [4.69, 9.17) is 14.6 Å². The molecule has 0 unspecified atom stereocenters. The van der Waals surface area contributed by atoms with Crippen LogP contribution in [0.1, 0.15) is 23.6 Å². The number of carboxylic acids is 1. The number of carbonyl (C=O) groups excluding carboxylic acids is 2. The number of hydrogen-bond acceptors (Lipinski definition) is 8. The van der Waals surface area contributed by atoms with Crippen LogP contribution in [-0.2, 0) is 22.6 Å². The molecule has 1 saturated heterocycles. The third-order valence-electron chi connectivity index (χ3n) is 4.79. The second-order valence-electron chi connectivity index (χ2n) is 7.31. The van der Waals surface area contributed by atoms with Crippen molar-refractivity contribution in [3.05, 3.63) is 80.8 Å². The summed E-state index contributed by atoms with van der Waals surface area (Å²) in [5, 5.41) is 19.3. The van der Waals surface area contributed by atoms with Gasteiger partial charge in [0.25, 0.3) is 16.8 Å². The lowest BCUT2D eigenvalue weighted by Gasteiger charge is -2.17. The van der Waals surface area contributed by atoms with Crippen molar-refractivity contribution in [2.24, 2.45) is 0 Å². The van der Waals surface area contributed by atoms with Crippen molar-refractivity contribution in [1.82, 2.24) is 4.90 Å². The minimum Gasteiger partial charge on any atom is -0.490 e. The number of allylic oxidation sites excluding steroid dienone is 1. The molecule has 0 atom stereocenters. The van der Waals surface area contributed by atoms with Crippen LogP contribution in [0.4, 0.5) is 10.5 Å². The summed E-state index contributed by atoms with van der Waals surface area (Å²) < 4.78 is 11.8. The minimum atomic E-state index is -1.29. The van der Waals surface area contributed by atoms with Crippen LogP contribution in [0.25, 0.3) is 6.08 Å². The van der Waals surface area contributed by atoms with Gasteiger partial charge < -0.3 is 14.6 Å². The first-order valence-electron chi connectivity index (χ1n) is 10.5. The monoisotopic (exact) mass is 534 g/mol. The first kappa shape index (κ1) is 28.4. The molecule has 3 rings (SSSR count). The van der Waals surface area contributed by atoms with Crippen molar-refractivity contribution >= 4 is 53.0 Å². The molecule has 2 aromatic rings. The third-order valence-corrected chi connectivity index (χ3v) is 5.69. The number of amides is 2. The number of aliphatic carboxylic acids is 1. The number of carbonyl (C=O) groups is 3. The fraction of sp³-hybridized carbons (Fsp3) is 0.208. The Hall–Kier alpha value is -3.83. The summed E-state index contributed by atoms with van der Waals surface area (Å²) in [7, 11) is 0. The fourth-order valence-corrected chi connectivity index (χ4v) is 4.18. The number of non-ortho nitro benzene ring substituents is 1. The van der Waals surface area contributed by atoms with Crippen LogP contribution >= 0.6 is 24.2 Å². The van der Waals surface area contributed by atoms with E-state index >= 15 is 0 Å². The Bertz CT molecular complexity index is 1230. The summed E-state index contributed by atoms with van der Waals surface area (Å²) >= 11 is 0.660. The topological polar surface area (TPSA) is 136 Å². The minimum absolute atomic E-state index is 0. The molecule has 0 aromatic heterocycles. The van der Waals surface area contributed by atoms with Crippen molar-refractivity contribution in [2.75, 3.05) is 13.2 Å². The number of nitro benzene ring substituents is 1. The van der Waals surface area contributed by atoms with Gasteiger partial charge >= 0.3 is 5.97 Å². The average molecular weight is 535 g/mol. The predicted molar refractivity (Wildman–Crippen MR) is 137 cm³/mol. The molecule has 1 aliphatic heterocycles. The zero-order valence-electron chi connectivity index (χ0n) is 19.2. The highest BCUT2D eigenvalue weighted by Crippen LogP contribution is 2.37. The molecule has 36 heavy (non-hydrogen) atoms. The number of ether oxygens (including phenoxy) is 2. The molecule has 0 aliphatic carbocycles. The van der Waals surface area contributed by atoms with E-state index in [0.717, 1.165) is 0 Å². The van der Waals surface area contributed by atoms with Crippen molar-refractivity contribution in [3.8, 4) is 11.5 Å². The van der Waals surface area contributed by atoms with Crippen LogP contribution in [0.2, 0.25) is 0 Å². The molecule has 2 aromatic carbocycles. The van der Waals surface area contributed by atoms with Crippen molar-refractivity contribution in [2.45, 2.75) is 20.0 Å². The predicted octanol–water partition coefficient (Wildman–Crippen LogP) is 4.84. The van der Waals surface area contributed by atoms with Crippen LogP contribution in [0.15, 0.2) is 54.0 Å². The molecule has 12 heteroatoms. The van der Waals surface area contributed by atoms with E-state index in [9.17, 15) is 24.5 Å². The SMILES string of the molecule is C=CCc1cc(C=C2SC(=O)N(CC(=O)O)C2=O)cc(OCC)c1OCc1cccc([N+](=O)[O-])c1.Cl. The van der Waals surface area contributed by atoms with E-state index in [1.54, 1.807) is 37.3 Å². The van der Waals surface area contributed by atoms with E-state index in [2.05, 4.69) is 6.58 Å². The second kappa shape index (κ2) is 12.8. The highest BCUT2D eigenvalue weighted by molar-refractivity contribution is 8.18. The van der Waals surface area contributed by atoms with Gasteiger partial charge in [0.1, 0.15) is 13.2 Å². The third kappa shape index (κ3) is 6.86. The largest absolute Gasteiger partial charge is 0.490 e. The molecule has 1 aliphatic rings. The molecule has 1 N–H and O–H groups in total. The smallest absolute Gasteiger partial charge is 0.323 e. The maximum atomic E-state index is 12.5. The van der Waals surface area contributed by atoms with Crippen LogP contribution < -0.4 is 9.47 Å². The van der Waals surface area contributed by atoms with Crippen LogP contribution in [0.3, 0.4) is 0 Å². The molecular weight excluding hydrogens is 512 g/mol. The maximum absolute atomic E-state index is 12.5. The molecule has 1 heterocycles. The number of hydrogen-bond donors (Lipinski definition) is 1. The van der Waals surface area contributed by atoms with Crippen LogP contribution in [0, 0.1) is 10.1 Å². The van der Waals surface area contributed by atoms with Gasteiger partial charge in [-0.25, -0.2) is 0 Å². The van der Waals surface area contributed by atoms with Crippen LogP contribution in [-0.4, -0.2) is 45.2 Å². The number of halogens is 1. The summed E-state index contributed by atoms with van der Waals surface area (Å²) in [5.41, 5.74) is 1.79. The van der Waals surface area contributed by atoms with Gasteiger partial charge in [-0.3, -0.25) is 29.4 Å². The van der Waals surface area contributed by atoms with E-state index in [1.807, 2.05) is 0 Å². The first-order chi connectivity index (χ1) is 16.7. The number of thioether (sulfide) groups is 1. The number of rotatable bonds is 11. The number of benzene rings is 2. The Morgan fingerprint density at radius 1 is 1.25 bits per heavy atom. The second-order valence-corrected chi connectivity index (χ2v) is 8.30. The lowest BCUT2D eigenvalue weighted by Crippen LogP contribution is -2.33. The standard InChI is InChI=1S/C24H22N2O8S.ClH/c1-3-6-17-9-16(12-20-23(29)25(13-21(27)28)24(30)35-20)11-19(33-4-2)22(17)34-14-15-7-5-8-18(10-15)26(31)32;/h3,5,7-12H,1,4,6,13-14H2,2H3,(H,27,28);1H. The molecule has 0 bridgehead atoms. The Morgan fingerprint density at radius 3 is 2.64 bits per heavy atom. The van der Waals surface area contributed by atoms with E-state index in [-0.39, 0.29) is 29.6 Å². The molecule has 0 saturated carbocycles. The summed E-state index contributed by atoms with van der Waals surface area (Å²) in [6.07, 6.45) is 3.55. The Morgan fingerprint density at radius 2 is 2.00 bits per heavy atom. The number of carboxylic acid groups (broad SMARTS) is 1. The summed E-state index contributed by atoms with van der Waals surface area (Å²) in [6.45, 7) is 5.22. The van der Waals surface area contributed by atoms with Crippen molar-refractivity contribution in [1.29, 1.82) is 0 Å². The fourth-order valence-electron chi connectivity index (χ4n) is 3.34. The quantitative estimate of drug-likeness (QED) is 0.186. The maximum Gasteiger partial charge on any atom is 0.323 e. The van der Waals surface area contributed by atoms with Gasteiger partial charge in [0.15, 0.2) is 11.5 Å². The van der Waals surface area contributed by atoms with Gasteiger partial charge in [0.05, 0.1) is 16.4 Å². The lowest BCUT2D eigenvalue weighted by atomic mass is 10.0. The number of nitrogens with zero attached hydrogens (tertiary/aromatic N) is 2. The van der Waals surface area contributed by atoms with E-state index < -0.39 is 28.6 Å². The van der Waals surface area contributed by atoms with Gasteiger partial charge in [-0.15, -0.1) is 19.0 Å². The normalized spacial score (nSPS) is 13.9. The lowest BCUT2D eigenvalue weighted by molar-refractivity contribution is -0.384. The van der Waals surface area contributed by atoms with Gasteiger partial charge in [-0.1, -0.05) is 18.2 Å². The van der Waals surface area contributed by atoms with Gasteiger partial charge in [0, 0.05) is 17.7 Å². The number of imide groups is 1. The molecular formula is C24H23ClN2O8S. The van der Waals surface area contributed by atoms with Gasteiger partial charge in [-0.05, 0) is 54.4 Å². The first-order valence-corrected chi connectivity index (χ1v) is 11.3. The van der Waals surface area contributed by atoms with Crippen molar-refractivity contribution in [3.63, 3.8) is 0 Å². The number of nitro groups is 1. The van der Waals surface area contributed by atoms with Gasteiger partial charge in [0.2, 0.25) is 0 Å². The van der Waals surface area contributed by atoms with Gasteiger partial charge in [-0.2, -0.15) is 0 Å². The van der Waals surface area contributed by atoms with E-state index in [1.165, 1.54) is 18.2 Å². The molecule has 1 fully saturated rings. The highest BCUT2D eigenvalue weighted by Gasteiger charge is 2.36. The summed E-state index contributed by atoms with van der Waals surface area (Å²) in [4.78, 5) is 46.9. The summed E-state index contributed by atoms with van der Waals surface area (Å²) in [5.74, 6) is -1.16.